The van der Waals surface area contributed by atoms with E-state index >= 15 is 0 Å². The van der Waals surface area contributed by atoms with Gasteiger partial charge in [0.25, 0.3) is 0 Å². The largest absolute Gasteiger partial charge is 0.368 e. The summed E-state index contributed by atoms with van der Waals surface area (Å²) in [7, 11) is 1.70. The van der Waals surface area contributed by atoms with Gasteiger partial charge in [0.05, 0.1) is 12.2 Å². The number of benzene rings is 1. The van der Waals surface area contributed by atoms with Crippen molar-refractivity contribution in [2.45, 2.75) is 33.2 Å². The number of rotatable bonds is 7. The van der Waals surface area contributed by atoms with Gasteiger partial charge in [0.2, 0.25) is 5.91 Å². The quantitative estimate of drug-likeness (QED) is 0.533. The van der Waals surface area contributed by atoms with E-state index in [0.717, 1.165) is 56.0 Å². The van der Waals surface area contributed by atoms with Gasteiger partial charge < -0.3 is 25.0 Å². The minimum Gasteiger partial charge on any atom is -0.368 e. The first-order valence-corrected chi connectivity index (χ1v) is 10.6. The highest BCUT2D eigenvalue weighted by molar-refractivity contribution is 5.86. The Kier molecular flexibility index (Phi) is 7.70. The Bertz CT molecular complexity index is 819. The molecule has 1 aliphatic rings. The Morgan fingerprint density at radius 3 is 2.47 bits per heavy atom. The molecule has 30 heavy (non-hydrogen) atoms. The molecule has 0 bridgehead atoms. The fourth-order valence-electron chi connectivity index (χ4n) is 3.65. The van der Waals surface area contributed by atoms with Crippen LogP contribution in [0.25, 0.3) is 0 Å². The smallest absolute Gasteiger partial charge is 0.242 e. The predicted molar refractivity (Wildman–Crippen MR) is 119 cm³/mol. The van der Waals surface area contributed by atoms with Crippen LogP contribution in [0.2, 0.25) is 0 Å². The van der Waals surface area contributed by atoms with E-state index in [2.05, 4.69) is 44.7 Å². The molecule has 0 atom stereocenters. The summed E-state index contributed by atoms with van der Waals surface area (Å²) in [5.41, 5.74) is 3.24. The van der Waals surface area contributed by atoms with Gasteiger partial charge in [-0.05, 0) is 18.6 Å². The number of nitrogens with zero attached hydrogens (tertiary/aromatic N) is 4. The number of carbonyl (C=O) groups is 1. The van der Waals surface area contributed by atoms with E-state index < -0.39 is 0 Å². The third-order valence-corrected chi connectivity index (χ3v) is 5.42. The van der Waals surface area contributed by atoms with Crippen molar-refractivity contribution in [3.8, 4) is 0 Å². The van der Waals surface area contributed by atoms with Crippen LogP contribution in [0.15, 0.2) is 39.8 Å². The van der Waals surface area contributed by atoms with Gasteiger partial charge >= 0.3 is 0 Å². The monoisotopic (exact) mass is 412 g/mol. The van der Waals surface area contributed by atoms with Gasteiger partial charge in [-0.3, -0.25) is 9.79 Å². The summed E-state index contributed by atoms with van der Waals surface area (Å²) < 4.78 is 5.40. The third-order valence-electron chi connectivity index (χ3n) is 5.42. The van der Waals surface area contributed by atoms with Crippen LogP contribution in [0.1, 0.15) is 30.9 Å². The molecule has 0 spiro atoms. The van der Waals surface area contributed by atoms with Crippen LogP contribution in [-0.4, -0.2) is 61.7 Å². The van der Waals surface area contributed by atoms with Crippen LogP contribution in [-0.2, 0) is 24.2 Å². The Hall–Kier alpha value is -3.03. The van der Waals surface area contributed by atoms with Gasteiger partial charge in [-0.15, -0.1) is 0 Å². The minimum atomic E-state index is 0.0825. The van der Waals surface area contributed by atoms with Crippen molar-refractivity contribution in [2.75, 3.05) is 44.7 Å². The van der Waals surface area contributed by atoms with Crippen LogP contribution in [0, 0.1) is 0 Å². The molecule has 0 aliphatic carbocycles. The molecule has 8 heteroatoms. The summed E-state index contributed by atoms with van der Waals surface area (Å²) in [6.45, 7) is 8.03. The summed E-state index contributed by atoms with van der Waals surface area (Å²) in [5.74, 6) is 1.57. The van der Waals surface area contributed by atoms with Crippen molar-refractivity contribution >= 4 is 17.6 Å². The fraction of sp³-hybridized carbons (Fsp3) is 0.500. The van der Waals surface area contributed by atoms with E-state index in [1.165, 1.54) is 5.69 Å². The molecule has 1 amide bonds. The summed E-state index contributed by atoms with van der Waals surface area (Å²) >= 11 is 0. The summed E-state index contributed by atoms with van der Waals surface area (Å²) in [6.07, 6.45) is 1.61. The number of carbonyl (C=O) groups excluding carboxylic acids is 1. The zero-order valence-electron chi connectivity index (χ0n) is 18.1. The van der Waals surface area contributed by atoms with E-state index in [9.17, 15) is 4.79 Å². The molecule has 1 fully saturated rings. The van der Waals surface area contributed by atoms with E-state index in [-0.39, 0.29) is 12.5 Å². The van der Waals surface area contributed by atoms with Crippen molar-refractivity contribution in [3.63, 3.8) is 0 Å². The van der Waals surface area contributed by atoms with Crippen molar-refractivity contribution in [2.24, 2.45) is 4.99 Å². The number of aromatic nitrogens is 1. The number of piperazine rings is 1. The molecule has 1 saturated heterocycles. The Morgan fingerprint density at radius 2 is 1.83 bits per heavy atom. The molecule has 8 nitrogen and oxygen atoms in total. The predicted octanol–water partition coefficient (Wildman–Crippen LogP) is 1.81. The minimum absolute atomic E-state index is 0.0825. The van der Waals surface area contributed by atoms with Crippen LogP contribution in [0.5, 0.6) is 0 Å². The number of anilines is 1. The highest BCUT2D eigenvalue weighted by atomic mass is 16.5. The lowest BCUT2D eigenvalue weighted by atomic mass is 10.1. The number of hydrogen-bond donors (Lipinski definition) is 2. The lowest BCUT2D eigenvalue weighted by Crippen LogP contribution is -2.52. The van der Waals surface area contributed by atoms with E-state index in [4.69, 9.17) is 4.52 Å². The molecule has 162 valence electrons. The first-order valence-electron chi connectivity index (χ1n) is 10.6. The number of aliphatic imine (C=N–C) groups is 1. The molecule has 2 N–H and O–H groups in total. The van der Waals surface area contributed by atoms with Crippen LogP contribution in [0.4, 0.5) is 5.69 Å². The number of nitrogens with one attached hydrogen (secondary N) is 2. The Balaban J connectivity index is 1.45. The maximum atomic E-state index is 12.6. The molecule has 1 aromatic carbocycles. The molecule has 0 saturated carbocycles. The molecule has 2 heterocycles. The zero-order valence-corrected chi connectivity index (χ0v) is 18.1. The molecule has 1 aromatic heterocycles. The Morgan fingerprint density at radius 1 is 1.10 bits per heavy atom. The van der Waals surface area contributed by atoms with Gasteiger partial charge in [0, 0.05) is 57.4 Å². The van der Waals surface area contributed by atoms with Gasteiger partial charge in [0.1, 0.15) is 5.76 Å². The van der Waals surface area contributed by atoms with E-state index in [1.54, 1.807) is 7.05 Å². The van der Waals surface area contributed by atoms with E-state index in [1.807, 2.05) is 30.0 Å². The average molecular weight is 413 g/mol. The average Bonchev–Trinajstić information content (AvgIpc) is 3.21. The van der Waals surface area contributed by atoms with E-state index in [0.29, 0.717) is 12.5 Å². The normalized spacial score (nSPS) is 14.7. The highest BCUT2D eigenvalue weighted by Gasteiger charge is 2.21. The second-order valence-corrected chi connectivity index (χ2v) is 7.22. The molecule has 3 rings (SSSR count). The second kappa shape index (κ2) is 10.7. The van der Waals surface area contributed by atoms with Crippen molar-refractivity contribution < 1.29 is 9.32 Å². The summed E-state index contributed by atoms with van der Waals surface area (Å²) in [4.78, 5) is 21.1. The van der Waals surface area contributed by atoms with Crippen molar-refractivity contribution in [3.05, 3.63) is 47.3 Å². The first kappa shape index (κ1) is 21.7. The standard InChI is InChI=1S/C22H32N6O2/c1-4-19-18(20(5-2)30-26-19)15-24-22(23-3)25-16-21(29)28-13-11-27(12-14-28)17-9-7-6-8-10-17/h6-10H,4-5,11-16H2,1-3H3,(H2,23,24,25). The van der Waals surface area contributed by atoms with Gasteiger partial charge in [0.15, 0.2) is 5.96 Å². The zero-order chi connectivity index (χ0) is 21.3. The van der Waals surface area contributed by atoms with Gasteiger partial charge in [-0.1, -0.05) is 37.2 Å². The van der Waals surface area contributed by atoms with Crippen molar-refractivity contribution in [1.29, 1.82) is 0 Å². The number of aryl methyl sites for hydroxylation is 2. The maximum absolute atomic E-state index is 12.6. The fourth-order valence-corrected chi connectivity index (χ4v) is 3.65. The lowest BCUT2D eigenvalue weighted by Gasteiger charge is -2.36. The molecule has 0 unspecified atom stereocenters. The number of guanidine groups is 1. The second-order valence-electron chi connectivity index (χ2n) is 7.22. The summed E-state index contributed by atoms with van der Waals surface area (Å²) in [6, 6.07) is 10.3. The van der Waals surface area contributed by atoms with Crippen molar-refractivity contribution in [1.82, 2.24) is 20.7 Å². The topological polar surface area (TPSA) is 86.0 Å². The van der Waals surface area contributed by atoms with Crippen LogP contribution >= 0.6 is 0 Å². The van der Waals surface area contributed by atoms with Gasteiger partial charge in [-0.25, -0.2) is 0 Å². The maximum Gasteiger partial charge on any atom is 0.242 e. The molecule has 0 radical (unpaired) electrons. The van der Waals surface area contributed by atoms with Crippen LogP contribution < -0.4 is 15.5 Å². The number of para-hydroxylation sites is 1. The molecular weight excluding hydrogens is 380 g/mol. The molecule has 2 aromatic rings. The Labute approximate surface area is 178 Å². The number of amides is 1. The molecular formula is C22H32N6O2. The van der Waals surface area contributed by atoms with Crippen LogP contribution in [0.3, 0.4) is 0 Å². The lowest BCUT2D eigenvalue weighted by molar-refractivity contribution is -0.130. The summed E-state index contributed by atoms with van der Waals surface area (Å²) in [5, 5.41) is 10.5. The molecule has 1 aliphatic heterocycles. The van der Waals surface area contributed by atoms with Gasteiger partial charge in [-0.2, -0.15) is 0 Å². The first-order chi connectivity index (χ1) is 14.7. The number of hydrogen-bond acceptors (Lipinski definition) is 5. The third kappa shape index (κ3) is 5.31. The SMILES string of the molecule is CCc1noc(CC)c1CNC(=NC)NCC(=O)N1CCN(c2ccccc2)CC1. The highest BCUT2D eigenvalue weighted by Crippen LogP contribution is 2.16.